The van der Waals surface area contributed by atoms with Gasteiger partial charge in [0.25, 0.3) is 0 Å². The average Bonchev–Trinajstić information content (AvgIpc) is 2.85. The Morgan fingerprint density at radius 3 is 2.69 bits per heavy atom. The summed E-state index contributed by atoms with van der Waals surface area (Å²) in [6.07, 6.45) is 5.02. The molecule has 0 fully saturated rings. The van der Waals surface area contributed by atoms with E-state index in [0.717, 1.165) is 44.5 Å². The van der Waals surface area contributed by atoms with Crippen LogP contribution in [0.1, 0.15) is 58.8 Å². The fourth-order valence-electron chi connectivity index (χ4n) is 4.30. The van der Waals surface area contributed by atoms with Crippen LogP contribution in [0.2, 0.25) is 0 Å². The molecule has 180 valence electrons. The molecule has 0 bridgehead atoms. The van der Waals surface area contributed by atoms with Gasteiger partial charge in [0, 0.05) is 16.0 Å². The summed E-state index contributed by atoms with van der Waals surface area (Å²) in [6, 6.07) is 18.4. The van der Waals surface area contributed by atoms with Gasteiger partial charge in [0.2, 0.25) is 0 Å². The summed E-state index contributed by atoms with van der Waals surface area (Å²) < 4.78 is 26.1. The summed E-state index contributed by atoms with van der Waals surface area (Å²) in [5, 5.41) is 0. The van der Waals surface area contributed by atoms with Crippen molar-refractivity contribution < 1.29 is 18.7 Å². The summed E-state index contributed by atoms with van der Waals surface area (Å²) in [6.45, 7) is 6.50. The van der Waals surface area contributed by atoms with Crippen molar-refractivity contribution in [2.75, 3.05) is 6.61 Å². The van der Waals surface area contributed by atoms with Crippen molar-refractivity contribution >= 4 is 27.5 Å². The van der Waals surface area contributed by atoms with Gasteiger partial charge in [0.05, 0.1) is 12.2 Å². The van der Waals surface area contributed by atoms with Crippen LogP contribution in [-0.2, 0) is 11.3 Å². The predicted octanol–water partition coefficient (Wildman–Crippen LogP) is 8.17. The number of rotatable bonds is 7. The number of hydrogen-bond acceptors (Lipinski definition) is 3. The zero-order valence-corrected chi connectivity index (χ0v) is 21.7. The van der Waals surface area contributed by atoms with E-state index < -0.39 is 0 Å². The van der Waals surface area contributed by atoms with E-state index in [1.807, 2.05) is 31.2 Å². The van der Waals surface area contributed by atoms with Gasteiger partial charge in [-0.1, -0.05) is 51.9 Å². The number of esters is 1. The predicted molar refractivity (Wildman–Crippen MR) is 141 cm³/mol. The maximum atomic E-state index is 13.8. The van der Waals surface area contributed by atoms with Crippen LogP contribution in [-0.4, -0.2) is 12.6 Å². The molecule has 4 rings (SSSR count). The lowest BCUT2D eigenvalue weighted by atomic mass is 9.80. The van der Waals surface area contributed by atoms with Crippen LogP contribution in [0.3, 0.4) is 0 Å². The molecular weight excluding hydrogens is 507 g/mol. The Hall–Kier alpha value is -3.18. The Labute approximate surface area is 214 Å². The minimum absolute atomic E-state index is 0.127. The number of aryl methyl sites for hydroxylation is 1. The van der Waals surface area contributed by atoms with Gasteiger partial charge in [0.1, 0.15) is 18.2 Å². The molecule has 1 unspecified atom stereocenters. The van der Waals surface area contributed by atoms with E-state index in [1.54, 1.807) is 19.1 Å². The highest BCUT2D eigenvalue weighted by atomic mass is 79.9. The van der Waals surface area contributed by atoms with E-state index in [0.29, 0.717) is 12.2 Å². The minimum Gasteiger partial charge on any atom is -0.488 e. The van der Waals surface area contributed by atoms with Gasteiger partial charge < -0.3 is 9.47 Å². The Balaban J connectivity index is 1.61. The van der Waals surface area contributed by atoms with Gasteiger partial charge in [-0.25, -0.2) is 9.18 Å². The summed E-state index contributed by atoms with van der Waals surface area (Å²) in [4.78, 5) is 12.3. The zero-order chi connectivity index (χ0) is 24.9. The third-order valence-corrected chi connectivity index (χ3v) is 6.80. The Morgan fingerprint density at radius 1 is 1.06 bits per heavy atom. The van der Waals surface area contributed by atoms with Crippen molar-refractivity contribution in [3.8, 4) is 5.75 Å². The highest BCUT2D eigenvalue weighted by molar-refractivity contribution is 9.10. The van der Waals surface area contributed by atoms with Gasteiger partial charge in [-0.3, -0.25) is 0 Å². The second-order valence-corrected chi connectivity index (χ2v) is 9.62. The quantitative estimate of drug-likeness (QED) is 0.286. The van der Waals surface area contributed by atoms with Crippen molar-refractivity contribution in [1.29, 1.82) is 0 Å². The second-order valence-electron chi connectivity index (χ2n) is 8.71. The summed E-state index contributed by atoms with van der Waals surface area (Å²) in [7, 11) is 0. The third kappa shape index (κ3) is 5.91. The van der Waals surface area contributed by atoms with E-state index in [-0.39, 0.29) is 24.3 Å². The molecule has 1 aliphatic rings. The summed E-state index contributed by atoms with van der Waals surface area (Å²) >= 11 is 3.59. The lowest BCUT2D eigenvalue weighted by molar-refractivity contribution is 0.0526. The van der Waals surface area contributed by atoms with Gasteiger partial charge in [-0.2, -0.15) is 0 Å². The maximum Gasteiger partial charge on any atom is 0.338 e. The number of carbonyl (C=O) groups excluding carboxylic acids is 1. The topological polar surface area (TPSA) is 35.5 Å². The molecule has 5 heteroatoms. The Bertz CT molecular complexity index is 1310. The molecule has 0 aromatic heterocycles. The van der Waals surface area contributed by atoms with Crippen molar-refractivity contribution in [2.45, 2.75) is 39.7 Å². The number of hydrogen-bond donors (Lipinski definition) is 0. The monoisotopic (exact) mass is 534 g/mol. The molecule has 0 N–H and O–H groups in total. The van der Waals surface area contributed by atoms with Crippen molar-refractivity contribution in [1.82, 2.24) is 0 Å². The smallest absolute Gasteiger partial charge is 0.338 e. The van der Waals surface area contributed by atoms with Gasteiger partial charge in [-0.15, -0.1) is 0 Å². The zero-order valence-electron chi connectivity index (χ0n) is 20.1. The van der Waals surface area contributed by atoms with Crippen LogP contribution in [0.4, 0.5) is 4.39 Å². The first kappa shape index (κ1) is 24.9. The summed E-state index contributed by atoms with van der Waals surface area (Å²) in [5.74, 6) is 0.295. The van der Waals surface area contributed by atoms with E-state index in [4.69, 9.17) is 9.47 Å². The van der Waals surface area contributed by atoms with Crippen LogP contribution < -0.4 is 4.74 Å². The highest BCUT2D eigenvalue weighted by Crippen LogP contribution is 2.41. The molecule has 0 saturated heterocycles. The molecule has 35 heavy (non-hydrogen) atoms. The summed E-state index contributed by atoms with van der Waals surface area (Å²) in [5.41, 5.74) is 6.79. The molecule has 3 nitrogen and oxygen atoms in total. The van der Waals surface area contributed by atoms with Crippen molar-refractivity contribution in [3.63, 3.8) is 0 Å². The van der Waals surface area contributed by atoms with E-state index in [2.05, 4.69) is 47.1 Å². The SMILES string of the molecule is CCOC(=O)c1cccc(C2CC(c3cc(Br)ccc3OCc3cc(F)ccc3C)=CC=C2C)c1. The lowest BCUT2D eigenvalue weighted by Crippen LogP contribution is -2.09. The molecule has 0 spiro atoms. The standard InChI is InChI=1S/C30H28BrFO3/c1-4-34-30(33)23-7-5-6-21(14-23)27-16-22(10-8-20(27)3)28-17-25(31)11-13-29(28)35-18-24-15-26(32)12-9-19(24)2/h5-15,17,27H,4,16,18H2,1-3H3. The van der Waals surface area contributed by atoms with Crippen LogP contribution in [0.15, 0.2) is 82.9 Å². The molecule has 0 aliphatic heterocycles. The van der Waals surface area contributed by atoms with Crippen LogP contribution >= 0.6 is 15.9 Å². The molecule has 3 aromatic rings. The normalized spacial score (nSPS) is 15.3. The molecule has 0 radical (unpaired) electrons. The second kappa shape index (κ2) is 11.0. The molecule has 0 saturated carbocycles. The lowest BCUT2D eigenvalue weighted by Gasteiger charge is -2.25. The molecule has 3 aromatic carbocycles. The Kier molecular flexibility index (Phi) is 7.86. The molecule has 0 amide bonds. The third-order valence-electron chi connectivity index (χ3n) is 6.30. The van der Waals surface area contributed by atoms with Crippen molar-refractivity contribution in [3.05, 3.63) is 116 Å². The maximum absolute atomic E-state index is 13.8. The molecule has 1 aliphatic carbocycles. The highest BCUT2D eigenvalue weighted by Gasteiger charge is 2.23. The minimum atomic E-state index is -0.308. The Morgan fingerprint density at radius 2 is 1.89 bits per heavy atom. The fraction of sp³-hybridized carbons (Fsp3) is 0.233. The number of halogens is 2. The number of ether oxygens (including phenoxy) is 2. The number of allylic oxidation sites excluding steroid dienone is 4. The molecule has 0 heterocycles. The van der Waals surface area contributed by atoms with Gasteiger partial charge in [0.15, 0.2) is 0 Å². The first-order chi connectivity index (χ1) is 16.9. The van der Waals surface area contributed by atoms with Crippen LogP contribution in [0.5, 0.6) is 5.75 Å². The van der Waals surface area contributed by atoms with Gasteiger partial charge >= 0.3 is 5.97 Å². The van der Waals surface area contributed by atoms with Crippen molar-refractivity contribution in [2.24, 2.45) is 0 Å². The molecule has 1 atom stereocenters. The largest absolute Gasteiger partial charge is 0.488 e. The number of benzene rings is 3. The van der Waals surface area contributed by atoms with Crippen LogP contribution in [0.25, 0.3) is 5.57 Å². The first-order valence-electron chi connectivity index (χ1n) is 11.7. The van der Waals surface area contributed by atoms with Crippen LogP contribution in [0, 0.1) is 12.7 Å². The van der Waals surface area contributed by atoms with E-state index >= 15 is 0 Å². The van der Waals surface area contributed by atoms with E-state index in [1.165, 1.54) is 17.7 Å². The van der Waals surface area contributed by atoms with Gasteiger partial charge in [-0.05, 0) is 91.9 Å². The van der Waals surface area contributed by atoms with E-state index in [9.17, 15) is 9.18 Å². The first-order valence-corrected chi connectivity index (χ1v) is 12.5. The molecular formula is C30H28BrFO3. The number of carbonyl (C=O) groups is 1. The fourth-order valence-corrected chi connectivity index (χ4v) is 4.67. The average molecular weight is 535 g/mol.